The van der Waals surface area contributed by atoms with Gasteiger partial charge in [-0.3, -0.25) is 4.79 Å². The van der Waals surface area contributed by atoms with Crippen molar-refractivity contribution < 1.29 is 14.3 Å². The smallest absolute Gasteiger partial charge is 0.339 e. The summed E-state index contributed by atoms with van der Waals surface area (Å²) in [6.45, 7) is 5.51. The van der Waals surface area contributed by atoms with Crippen LogP contribution in [0, 0.1) is 11.3 Å². The second kappa shape index (κ2) is 9.95. The van der Waals surface area contributed by atoms with Crippen molar-refractivity contribution in [3.8, 4) is 6.07 Å². The number of amides is 1. The van der Waals surface area contributed by atoms with Gasteiger partial charge < -0.3 is 10.1 Å². The Hall–Kier alpha value is -2.78. The second-order valence-corrected chi connectivity index (χ2v) is 7.97. The lowest BCUT2D eigenvalue weighted by atomic mass is 10.0. The minimum absolute atomic E-state index is 0.309. The molecule has 1 amide bonds. The van der Waals surface area contributed by atoms with E-state index in [1.165, 1.54) is 11.8 Å². The molecular formula is C22H24N2O3S. The molecule has 1 N–H and O–H groups in total. The molecule has 0 aromatic heterocycles. The van der Waals surface area contributed by atoms with Gasteiger partial charge in [0.25, 0.3) is 5.91 Å². The Labute approximate surface area is 170 Å². The fraction of sp³-hybridized carbons (Fsp3) is 0.318. The number of hydrogen-bond donors (Lipinski definition) is 1. The van der Waals surface area contributed by atoms with Gasteiger partial charge in [-0.25, -0.2) is 4.79 Å². The summed E-state index contributed by atoms with van der Waals surface area (Å²) in [6.07, 6.45) is 0.779. The maximum atomic E-state index is 12.4. The third-order valence-corrected chi connectivity index (χ3v) is 5.43. The highest BCUT2D eigenvalue weighted by atomic mass is 32.2. The summed E-state index contributed by atoms with van der Waals surface area (Å²) < 4.78 is 5.20. The van der Waals surface area contributed by atoms with Gasteiger partial charge in [0.15, 0.2) is 6.61 Å². The van der Waals surface area contributed by atoms with E-state index in [0.29, 0.717) is 16.9 Å². The van der Waals surface area contributed by atoms with E-state index in [-0.39, 0.29) is 18.1 Å². The van der Waals surface area contributed by atoms with Crippen LogP contribution in [0.2, 0.25) is 0 Å². The standard InChI is InChI=1S/C22H24N2O3S/c1-4-22(2,3)24-20(25)14-27-21(26)18-7-5-6-8-19(18)28-15-17-11-9-16(13-23)10-12-17/h5-12H,4,14-15H2,1-3H3,(H,24,25). The number of benzene rings is 2. The van der Waals surface area contributed by atoms with Gasteiger partial charge in [0.1, 0.15) is 0 Å². The van der Waals surface area contributed by atoms with Gasteiger partial charge in [-0.2, -0.15) is 5.26 Å². The molecule has 0 aliphatic heterocycles. The van der Waals surface area contributed by atoms with Crippen molar-refractivity contribution in [3.05, 3.63) is 65.2 Å². The number of carbonyl (C=O) groups is 2. The summed E-state index contributed by atoms with van der Waals surface area (Å²) in [6, 6.07) is 16.6. The molecule has 0 unspecified atom stereocenters. The van der Waals surface area contributed by atoms with E-state index in [2.05, 4.69) is 11.4 Å². The molecule has 0 bridgehead atoms. The summed E-state index contributed by atoms with van der Waals surface area (Å²) >= 11 is 1.51. The Balaban J connectivity index is 1.97. The highest BCUT2D eigenvalue weighted by Crippen LogP contribution is 2.27. The third-order valence-electron chi connectivity index (χ3n) is 4.28. The van der Waals surface area contributed by atoms with Gasteiger partial charge in [0.05, 0.1) is 17.2 Å². The van der Waals surface area contributed by atoms with Crippen LogP contribution in [-0.4, -0.2) is 24.0 Å². The molecule has 0 spiro atoms. The first-order valence-corrected chi connectivity index (χ1v) is 10.0. The average Bonchev–Trinajstić information content (AvgIpc) is 2.70. The van der Waals surface area contributed by atoms with Crippen molar-refractivity contribution in [2.75, 3.05) is 6.61 Å². The Kier molecular flexibility index (Phi) is 7.65. The number of nitrogens with one attached hydrogen (secondary N) is 1. The molecule has 0 aliphatic rings. The molecule has 146 valence electrons. The largest absolute Gasteiger partial charge is 0.452 e. The van der Waals surface area contributed by atoms with Crippen LogP contribution in [0.4, 0.5) is 0 Å². The first-order valence-electron chi connectivity index (χ1n) is 9.03. The first kappa shape index (κ1) is 21.5. The molecule has 28 heavy (non-hydrogen) atoms. The van der Waals surface area contributed by atoms with E-state index in [1.807, 2.05) is 45.0 Å². The maximum Gasteiger partial charge on any atom is 0.339 e. The number of ether oxygens (including phenoxy) is 1. The first-order chi connectivity index (χ1) is 13.3. The Morgan fingerprint density at radius 1 is 1.14 bits per heavy atom. The normalized spacial score (nSPS) is 10.8. The van der Waals surface area contributed by atoms with Gasteiger partial charge in [-0.1, -0.05) is 31.2 Å². The predicted molar refractivity (Wildman–Crippen MR) is 110 cm³/mol. The summed E-state index contributed by atoms with van der Waals surface area (Å²) in [5, 5.41) is 11.7. The molecule has 0 fully saturated rings. The lowest BCUT2D eigenvalue weighted by Crippen LogP contribution is -2.44. The topological polar surface area (TPSA) is 79.2 Å². The number of nitrogens with zero attached hydrogens (tertiary/aromatic N) is 1. The van der Waals surface area contributed by atoms with Crippen molar-refractivity contribution in [1.29, 1.82) is 5.26 Å². The summed E-state index contributed by atoms with van der Waals surface area (Å²) in [5.74, 6) is -0.184. The number of thioether (sulfide) groups is 1. The van der Waals surface area contributed by atoms with Crippen LogP contribution in [0.15, 0.2) is 53.4 Å². The Morgan fingerprint density at radius 3 is 2.46 bits per heavy atom. The number of esters is 1. The summed E-state index contributed by atoms with van der Waals surface area (Å²) in [4.78, 5) is 25.2. The Bertz CT molecular complexity index is 870. The maximum absolute atomic E-state index is 12.4. The monoisotopic (exact) mass is 396 g/mol. The molecule has 0 aliphatic carbocycles. The highest BCUT2D eigenvalue weighted by molar-refractivity contribution is 7.98. The SMILES string of the molecule is CCC(C)(C)NC(=O)COC(=O)c1ccccc1SCc1ccc(C#N)cc1. The minimum Gasteiger partial charge on any atom is -0.452 e. The molecule has 5 nitrogen and oxygen atoms in total. The fourth-order valence-electron chi connectivity index (χ4n) is 2.31. The predicted octanol–water partition coefficient (Wildman–Crippen LogP) is 4.31. The highest BCUT2D eigenvalue weighted by Gasteiger charge is 2.20. The number of carbonyl (C=O) groups excluding carboxylic acids is 2. The van der Waals surface area contributed by atoms with E-state index >= 15 is 0 Å². The average molecular weight is 397 g/mol. The van der Waals surface area contributed by atoms with Crippen molar-refractivity contribution >= 4 is 23.6 Å². The second-order valence-electron chi connectivity index (χ2n) is 6.96. The third kappa shape index (κ3) is 6.43. The van der Waals surface area contributed by atoms with E-state index in [1.54, 1.807) is 24.3 Å². The van der Waals surface area contributed by atoms with E-state index < -0.39 is 5.97 Å². The van der Waals surface area contributed by atoms with Crippen molar-refractivity contribution in [1.82, 2.24) is 5.32 Å². The van der Waals surface area contributed by atoms with Gasteiger partial charge in [0.2, 0.25) is 0 Å². The number of rotatable bonds is 8. The zero-order valence-electron chi connectivity index (χ0n) is 16.3. The molecule has 2 rings (SSSR count). The van der Waals surface area contributed by atoms with Crippen LogP contribution in [0.25, 0.3) is 0 Å². The molecule has 0 saturated carbocycles. The zero-order chi connectivity index (χ0) is 20.6. The molecule has 2 aromatic carbocycles. The van der Waals surface area contributed by atoms with Crippen LogP contribution in [0.1, 0.15) is 48.7 Å². The van der Waals surface area contributed by atoms with Crippen molar-refractivity contribution in [2.24, 2.45) is 0 Å². The molecule has 2 aromatic rings. The number of hydrogen-bond acceptors (Lipinski definition) is 5. The molecule has 0 heterocycles. The van der Waals surface area contributed by atoms with Gasteiger partial charge >= 0.3 is 5.97 Å². The van der Waals surface area contributed by atoms with E-state index in [4.69, 9.17) is 10.00 Å². The lowest BCUT2D eigenvalue weighted by molar-refractivity contribution is -0.125. The molecule has 0 radical (unpaired) electrons. The van der Waals surface area contributed by atoms with Crippen LogP contribution in [0.5, 0.6) is 0 Å². The van der Waals surface area contributed by atoms with Crippen LogP contribution < -0.4 is 5.32 Å². The van der Waals surface area contributed by atoms with Crippen molar-refractivity contribution in [2.45, 2.75) is 43.4 Å². The van der Waals surface area contributed by atoms with Gasteiger partial charge in [0, 0.05) is 16.2 Å². The summed E-state index contributed by atoms with van der Waals surface area (Å²) in [7, 11) is 0. The lowest BCUT2D eigenvalue weighted by Gasteiger charge is -2.24. The van der Waals surface area contributed by atoms with Crippen LogP contribution >= 0.6 is 11.8 Å². The van der Waals surface area contributed by atoms with Crippen molar-refractivity contribution in [3.63, 3.8) is 0 Å². The number of nitriles is 1. The molecular weight excluding hydrogens is 372 g/mol. The quantitative estimate of drug-likeness (QED) is 0.531. The van der Waals surface area contributed by atoms with Crippen LogP contribution in [-0.2, 0) is 15.3 Å². The molecule has 6 heteroatoms. The van der Waals surface area contributed by atoms with Gasteiger partial charge in [-0.05, 0) is 50.1 Å². The Morgan fingerprint density at radius 2 is 1.82 bits per heavy atom. The van der Waals surface area contributed by atoms with E-state index in [0.717, 1.165) is 16.9 Å². The zero-order valence-corrected chi connectivity index (χ0v) is 17.1. The fourth-order valence-corrected chi connectivity index (χ4v) is 3.30. The van der Waals surface area contributed by atoms with Crippen LogP contribution in [0.3, 0.4) is 0 Å². The van der Waals surface area contributed by atoms with Gasteiger partial charge in [-0.15, -0.1) is 11.8 Å². The summed E-state index contributed by atoms with van der Waals surface area (Å²) in [5.41, 5.74) is 1.76. The molecule has 0 saturated heterocycles. The molecule has 0 atom stereocenters. The minimum atomic E-state index is -0.521. The van der Waals surface area contributed by atoms with E-state index in [9.17, 15) is 9.59 Å².